The summed E-state index contributed by atoms with van der Waals surface area (Å²) in [5, 5.41) is 3.25. The number of rotatable bonds is 4. The maximum absolute atomic E-state index is 13.3. The van der Waals surface area contributed by atoms with Gasteiger partial charge in [-0.15, -0.1) is 0 Å². The molecule has 0 spiro atoms. The van der Waals surface area contributed by atoms with Crippen molar-refractivity contribution in [2.45, 2.75) is 25.9 Å². The minimum Gasteiger partial charge on any atom is -0.466 e. The Labute approximate surface area is 145 Å². The molecule has 0 radical (unpaired) electrons. The Balaban J connectivity index is 2.05. The molecule has 1 aromatic heterocycles. The molecule has 0 bridgehead atoms. The Hall–Kier alpha value is -2.70. The van der Waals surface area contributed by atoms with E-state index >= 15 is 0 Å². The molecule has 2 aromatic rings. The molecule has 3 rings (SSSR count). The number of carbonyl (C=O) groups excluding carboxylic acids is 1. The van der Waals surface area contributed by atoms with Gasteiger partial charge in [-0.25, -0.2) is 9.37 Å². The lowest BCUT2D eigenvalue weighted by Gasteiger charge is -2.34. The number of carbonyl (C=O) groups is 1. The van der Waals surface area contributed by atoms with Crippen LogP contribution in [0.25, 0.3) is 0 Å². The standard InChI is InChI=1S/C18H21FN4O2/c1-4-25-18(24)14-11(2)21-16(17-20-9-10-23(17)3)22-15(14)12-5-7-13(19)8-6-12/h5-11,14-15H,4H2,1-3H3,(H,21,22). The first kappa shape index (κ1) is 17.1. The summed E-state index contributed by atoms with van der Waals surface area (Å²) in [5.74, 6) is 0.136. The number of aryl methyl sites for hydroxylation is 1. The van der Waals surface area contributed by atoms with Gasteiger partial charge in [-0.1, -0.05) is 12.1 Å². The molecule has 25 heavy (non-hydrogen) atoms. The topological polar surface area (TPSA) is 68.5 Å². The summed E-state index contributed by atoms with van der Waals surface area (Å²) in [7, 11) is 1.88. The Bertz CT molecular complexity index is 785. The van der Waals surface area contributed by atoms with Gasteiger partial charge in [0.25, 0.3) is 0 Å². The third kappa shape index (κ3) is 3.40. The molecule has 0 saturated carbocycles. The molecule has 0 saturated heterocycles. The predicted molar refractivity (Wildman–Crippen MR) is 91.6 cm³/mol. The molecule has 1 aromatic carbocycles. The summed E-state index contributed by atoms with van der Waals surface area (Å²) in [5.41, 5.74) is 0.763. The maximum Gasteiger partial charge on any atom is 0.313 e. The first-order chi connectivity index (χ1) is 12.0. The average Bonchev–Trinajstić information content (AvgIpc) is 3.01. The van der Waals surface area contributed by atoms with Crippen LogP contribution in [0.4, 0.5) is 4.39 Å². The fraction of sp³-hybridized carbons (Fsp3) is 0.389. The summed E-state index contributed by atoms with van der Waals surface area (Å²) in [6.07, 6.45) is 3.52. The number of ether oxygens (including phenoxy) is 1. The molecule has 0 fully saturated rings. The van der Waals surface area contributed by atoms with E-state index < -0.39 is 12.0 Å². The van der Waals surface area contributed by atoms with Crippen LogP contribution in [0.5, 0.6) is 0 Å². The summed E-state index contributed by atoms with van der Waals surface area (Å²) in [6, 6.07) is 5.38. The quantitative estimate of drug-likeness (QED) is 0.864. The summed E-state index contributed by atoms with van der Waals surface area (Å²) >= 11 is 0. The molecule has 1 N–H and O–H groups in total. The highest BCUT2D eigenvalue weighted by molar-refractivity contribution is 5.97. The van der Waals surface area contributed by atoms with Crippen LogP contribution in [-0.4, -0.2) is 34.0 Å². The zero-order valence-electron chi connectivity index (χ0n) is 14.4. The highest BCUT2D eigenvalue weighted by atomic mass is 19.1. The van der Waals surface area contributed by atoms with Crippen molar-refractivity contribution in [3.63, 3.8) is 0 Å². The van der Waals surface area contributed by atoms with Gasteiger partial charge >= 0.3 is 5.97 Å². The number of aliphatic imine (C=N–C) groups is 1. The van der Waals surface area contributed by atoms with E-state index in [4.69, 9.17) is 9.73 Å². The number of halogens is 1. The lowest BCUT2D eigenvalue weighted by Crippen LogP contribution is -2.49. The van der Waals surface area contributed by atoms with Crippen LogP contribution in [0.2, 0.25) is 0 Å². The molecular formula is C18H21FN4O2. The zero-order chi connectivity index (χ0) is 18.0. The van der Waals surface area contributed by atoms with E-state index in [0.29, 0.717) is 18.3 Å². The van der Waals surface area contributed by atoms with Crippen molar-refractivity contribution in [3.8, 4) is 0 Å². The molecule has 6 nitrogen and oxygen atoms in total. The first-order valence-corrected chi connectivity index (χ1v) is 8.25. The van der Waals surface area contributed by atoms with Gasteiger partial charge in [0.1, 0.15) is 11.7 Å². The average molecular weight is 344 g/mol. The number of nitrogens with zero attached hydrogens (tertiary/aromatic N) is 3. The number of benzene rings is 1. The smallest absolute Gasteiger partial charge is 0.313 e. The summed E-state index contributed by atoms with van der Waals surface area (Å²) in [6.45, 7) is 3.98. The molecule has 2 heterocycles. The van der Waals surface area contributed by atoms with E-state index in [1.54, 1.807) is 25.3 Å². The van der Waals surface area contributed by atoms with Gasteiger partial charge < -0.3 is 14.6 Å². The Morgan fingerprint density at radius 3 is 2.68 bits per heavy atom. The van der Waals surface area contributed by atoms with E-state index in [-0.39, 0.29) is 17.8 Å². The van der Waals surface area contributed by atoms with Crippen molar-refractivity contribution >= 4 is 11.8 Å². The van der Waals surface area contributed by atoms with Crippen LogP contribution in [-0.2, 0) is 16.6 Å². The molecule has 3 atom stereocenters. The fourth-order valence-electron chi connectivity index (χ4n) is 3.06. The van der Waals surface area contributed by atoms with Gasteiger partial charge in [0, 0.05) is 25.5 Å². The first-order valence-electron chi connectivity index (χ1n) is 8.25. The van der Waals surface area contributed by atoms with Gasteiger partial charge in [0.05, 0.1) is 12.6 Å². The monoisotopic (exact) mass is 344 g/mol. The van der Waals surface area contributed by atoms with Gasteiger partial charge in [-0.3, -0.25) is 9.79 Å². The van der Waals surface area contributed by atoms with Crippen molar-refractivity contribution in [2.75, 3.05) is 6.61 Å². The second-order valence-electron chi connectivity index (χ2n) is 6.05. The largest absolute Gasteiger partial charge is 0.466 e. The lowest BCUT2D eigenvalue weighted by molar-refractivity contribution is -0.149. The van der Waals surface area contributed by atoms with E-state index in [9.17, 15) is 9.18 Å². The van der Waals surface area contributed by atoms with Crippen molar-refractivity contribution in [1.29, 1.82) is 0 Å². The van der Waals surface area contributed by atoms with Crippen LogP contribution in [0.3, 0.4) is 0 Å². The van der Waals surface area contributed by atoms with Crippen LogP contribution in [0.15, 0.2) is 41.7 Å². The Morgan fingerprint density at radius 2 is 2.08 bits per heavy atom. The molecular weight excluding hydrogens is 323 g/mol. The fourth-order valence-corrected chi connectivity index (χ4v) is 3.06. The van der Waals surface area contributed by atoms with Gasteiger partial charge in [0.2, 0.25) is 0 Å². The Kier molecular flexibility index (Phi) is 4.83. The number of esters is 1. The summed E-state index contributed by atoms with van der Waals surface area (Å²) < 4.78 is 20.4. The lowest BCUT2D eigenvalue weighted by atomic mass is 9.86. The van der Waals surface area contributed by atoms with Gasteiger partial charge in [-0.2, -0.15) is 0 Å². The molecule has 0 amide bonds. The Morgan fingerprint density at radius 1 is 1.36 bits per heavy atom. The third-order valence-corrected chi connectivity index (χ3v) is 4.31. The predicted octanol–water partition coefficient (Wildman–Crippen LogP) is 2.22. The van der Waals surface area contributed by atoms with Crippen molar-refractivity contribution in [1.82, 2.24) is 14.9 Å². The second kappa shape index (κ2) is 7.04. The van der Waals surface area contributed by atoms with Gasteiger partial charge in [-0.05, 0) is 31.5 Å². The van der Waals surface area contributed by atoms with Crippen LogP contribution >= 0.6 is 0 Å². The van der Waals surface area contributed by atoms with Crippen LogP contribution in [0, 0.1) is 11.7 Å². The molecule has 3 unspecified atom stereocenters. The highest BCUT2D eigenvalue weighted by Gasteiger charge is 2.40. The molecule has 0 aliphatic carbocycles. The van der Waals surface area contributed by atoms with Crippen molar-refractivity contribution in [3.05, 3.63) is 53.9 Å². The molecule has 1 aliphatic heterocycles. The molecule has 1 aliphatic rings. The van der Waals surface area contributed by atoms with E-state index in [0.717, 1.165) is 5.56 Å². The maximum atomic E-state index is 13.3. The van der Waals surface area contributed by atoms with E-state index in [1.807, 2.05) is 24.7 Å². The zero-order valence-corrected chi connectivity index (χ0v) is 14.4. The summed E-state index contributed by atoms with van der Waals surface area (Å²) in [4.78, 5) is 21.5. The van der Waals surface area contributed by atoms with Gasteiger partial charge in [0.15, 0.2) is 11.7 Å². The van der Waals surface area contributed by atoms with Crippen LogP contribution < -0.4 is 5.32 Å². The van der Waals surface area contributed by atoms with Crippen molar-refractivity contribution < 1.29 is 13.9 Å². The minimum atomic E-state index is -0.505. The SMILES string of the molecule is CCOC(=O)C1C(C)NC(c2nccn2C)=NC1c1ccc(F)cc1. The number of hydrogen-bond acceptors (Lipinski definition) is 5. The van der Waals surface area contributed by atoms with Crippen molar-refractivity contribution in [2.24, 2.45) is 18.0 Å². The third-order valence-electron chi connectivity index (χ3n) is 4.31. The number of nitrogens with one attached hydrogen (secondary N) is 1. The number of aromatic nitrogens is 2. The highest BCUT2D eigenvalue weighted by Crippen LogP contribution is 2.33. The second-order valence-corrected chi connectivity index (χ2v) is 6.05. The molecule has 7 heteroatoms. The number of amidine groups is 1. The van der Waals surface area contributed by atoms with Crippen LogP contribution in [0.1, 0.15) is 31.3 Å². The minimum absolute atomic E-state index is 0.210. The normalized spacial score (nSPS) is 22.9. The number of imidazole rings is 1. The van der Waals surface area contributed by atoms with E-state index in [1.165, 1.54) is 12.1 Å². The van der Waals surface area contributed by atoms with E-state index in [2.05, 4.69) is 10.3 Å². The number of hydrogen-bond donors (Lipinski definition) is 1. The molecule has 132 valence electrons.